The molecule has 5 nitrogen and oxygen atoms in total. The van der Waals surface area contributed by atoms with Gasteiger partial charge in [0.1, 0.15) is 5.69 Å². The Bertz CT molecular complexity index is 774. The second kappa shape index (κ2) is 6.95. The third-order valence-electron chi connectivity index (χ3n) is 4.21. The molecule has 1 fully saturated rings. The summed E-state index contributed by atoms with van der Waals surface area (Å²) in [6.45, 7) is 3.16. The molecule has 0 unspecified atom stereocenters. The fourth-order valence-corrected chi connectivity index (χ4v) is 2.97. The number of morpholine rings is 1. The molecule has 1 aromatic carbocycles. The van der Waals surface area contributed by atoms with Crippen molar-refractivity contribution < 1.29 is 9.26 Å². The monoisotopic (exact) mass is 321 g/mol. The Morgan fingerprint density at radius 2 is 2.04 bits per heavy atom. The third-order valence-corrected chi connectivity index (χ3v) is 4.21. The molecule has 0 bridgehead atoms. The van der Waals surface area contributed by atoms with Crippen LogP contribution < -0.4 is 0 Å². The molecule has 1 saturated heterocycles. The maximum Gasteiger partial charge on any atom is 0.151 e. The van der Waals surface area contributed by atoms with Gasteiger partial charge in [0.15, 0.2) is 5.76 Å². The number of hydrogen-bond donors (Lipinski definition) is 0. The third kappa shape index (κ3) is 3.37. The summed E-state index contributed by atoms with van der Waals surface area (Å²) in [7, 11) is 0. The van der Waals surface area contributed by atoms with Crippen molar-refractivity contribution in [2.75, 3.05) is 19.7 Å². The largest absolute Gasteiger partial charge is 0.371 e. The summed E-state index contributed by atoms with van der Waals surface area (Å²) in [6, 6.07) is 16.1. The van der Waals surface area contributed by atoms with E-state index in [1.807, 2.05) is 48.7 Å². The first-order chi connectivity index (χ1) is 11.9. The van der Waals surface area contributed by atoms with Crippen molar-refractivity contribution in [1.82, 2.24) is 15.0 Å². The predicted molar refractivity (Wildman–Crippen MR) is 90.1 cm³/mol. The van der Waals surface area contributed by atoms with E-state index in [1.54, 1.807) is 6.20 Å². The molecule has 3 aromatic rings. The van der Waals surface area contributed by atoms with Crippen molar-refractivity contribution in [2.45, 2.75) is 12.6 Å². The summed E-state index contributed by atoms with van der Waals surface area (Å²) in [5, 5.41) is 4.19. The summed E-state index contributed by atoms with van der Waals surface area (Å²) < 4.78 is 11.4. The standard InChI is InChI=1S/C19H19N3O2/c1-2-5-15(6-3-1)18-11-17(24-21-18)13-22-9-10-23-19(14-22)16-7-4-8-20-12-16/h1-8,11-12,19H,9-10,13-14H2/t19-/m1/s1. The quantitative estimate of drug-likeness (QED) is 0.738. The number of aromatic nitrogens is 2. The smallest absolute Gasteiger partial charge is 0.151 e. The zero-order chi connectivity index (χ0) is 16.2. The van der Waals surface area contributed by atoms with Crippen molar-refractivity contribution >= 4 is 0 Å². The number of pyridine rings is 1. The molecule has 5 heteroatoms. The van der Waals surface area contributed by atoms with E-state index in [9.17, 15) is 0 Å². The highest BCUT2D eigenvalue weighted by Gasteiger charge is 2.23. The van der Waals surface area contributed by atoms with Gasteiger partial charge < -0.3 is 9.26 Å². The molecular weight excluding hydrogens is 302 g/mol. The van der Waals surface area contributed by atoms with Crippen molar-refractivity contribution in [2.24, 2.45) is 0 Å². The summed E-state index contributed by atoms with van der Waals surface area (Å²) in [4.78, 5) is 6.51. The maximum atomic E-state index is 5.88. The van der Waals surface area contributed by atoms with Crippen molar-refractivity contribution in [3.05, 3.63) is 72.2 Å². The normalized spacial score (nSPS) is 18.6. The van der Waals surface area contributed by atoms with E-state index in [0.717, 1.165) is 42.2 Å². The SMILES string of the molecule is c1ccc(-c2cc(CN3CCO[C@@H](c4cccnc4)C3)on2)cc1. The summed E-state index contributed by atoms with van der Waals surface area (Å²) >= 11 is 0. The highest BCUT2D eigenvalue weighted by molar-refractivity contribution is 5.58. The fraction of sp³-hybridized carbons (Fsp3) is 0.263. The lowest BCUT2D eigenvalue weighted by Gasteiger charge is -2.32. The van der Waals surface area contributed by atoms with Crippen LogP contribution in [0.2, 0.25) is 0 Å². The van der Waals surface area contributed by atoms with Crippen LogP contribution in [0.3, 0.4) is 0 Å². The predicted octanol–water partition coefficient (Wildman–Crippen LogP) is 3.31. The molecule has 122 valence electrons. The molecule has 0 radical (unpaired) electrons. The Kier molecular flexibility index (Phi) is 4.36. The second-order valence-corrected chi connectivity index (χ2v) is 5.93. The Morgan fingerprint density at radius 1 is 1.12 bits per heavy atom. The molecule has 24 heavy (non-hydrogen) atoms. The maximum absolute atomic E-state index is 5.88. The van der Waals surface area contributed by atoms with E-state index in [0.29, 0.717) is 6.61 Å². The lowest BCUT2D eigenvalue weighted by Crippen LogP contribution is -2.37. The summed E-state index contributed by atoms with van der Waals surface area (Å²) in [5.74, 6) is 0.876. The molecule has 1 atom stereocenters. The lowest BCUT2D eigenvalue weighted by molar-refractivity contribution is -0.0352. The average molecular weight is 321 g/mol. The van der Waals surface area contributed by atoms with E-state index in [1.165, 1.54) is 0 Å². The van der Waals surface area contributed by atoms with E-state index < -0.39 is 0 Å². The number of rotatable bonds is 4. The van der Waals surface area contributed by atoms with Crippen molar-refractivity contribution in [3.63, 3.8) is 0 Å². The van der Waals surface area contributed by atoms with Crippen LogP contribution >= 0.6 is 0 Å². The van der Waals surface area contributed by atoms with Gasteiger partial charge in [-0.15, -0.1) is 0 Å². The Hall–Kier alpha value is -2.50. The average Bonchev–Trinajstić information content (AvgIpc) is 3.12. The highest BCUT2D eigenvalue weighted by Crippen LogP contribution is 2.24. The zero-order valence-electron chi connectivity index (χ0n) is 13.3. The Labute approximate surface area is 140 Å². The summed E-state index contributed by atoms with van der Waals surface area (Å²) in [6.07, 6.45) is 3.71. The molecule has 0 aliphatic carbocycles. The molecular formula is C19H19N3O2. The molecule has 0 N–H and O–H groups in total. The number of benzene rings is 1. The number of ether oxygens (including phenoxy) is 1. The van der Waals surface area contributed by atoms with Gasteiger partial charge in [-0.25, -0.2) is 0 Å². The molecule has 0 amide bonds. The molecule has 3 heterocycles. The second-order valence-electron chi connectivity index (χ2n) is 5.93. The van der Waals surface area contributed by atoms with Crippen LogP contribution in [0.25, 0.3) is 11.3 Å². The van der Waals surface area contributed by atoms with Gasteiger partial charge in [0.2, 0.25) is 0 Å². The molecule has 0 spiro atoms. The Balaban J connectivity index is 1.43. The van der Waals surface area contributed by atoms with Gasteiger partial charge in [-0.1, -0.05) is 41.6 Å². The van der Waals surface area contributed by atoms with Crippen LogP contribution in [0.5, 0.6) is 0 Å². The molecule has 0 saturated carbocycles. The first-order valence-electron chi connectivity index (χ1n) is 8.13. The van der Waals surface area contributed by atoms with Crippen LogP contribution in [0.15, 0.2) is 65.4 Å². The van der Waals surface area contributed by atoms with Gasteiger partial charge >= 0.3 is 0 Å². The van der Waals surface area contributed by atoms with E-state index in [-0.39, 0.29) is 6.10 Å². The fourth-order valence-electron chi connectivity index (χ4n) is 2.97. The molecule has 2 aromatic heterocycles. The zero-order valence-corrected chi connectivity index (χ0v) is 13.3. The van der Waals surface area contributed by atoms with Crippen LogP contribution in [0.4, 0.5) is 0 Å². The van der Waals surface area contributed by atoms with Gasteiger partial charge in [0.25, 0.3) is 0 Å². The van der Waals surface area contributed by atoms with Gasteiger partial charge in [-0.05, 0) is 6.07 Å². The topological polar surface area (TPSA) is 51.4 Å². The van der Waals surface area contributed by atoms with Crippen molar-refractivity contribution in [3.8, 4) is 11.3 Å². The molecule has 1 aliphatic heterocycles. The van der Waals surface area contributed by atoms with Gasteiger partial charge in [0.05, 0.1) is 19.3 Å². The Morgan fingerprint density at radius 3 is 2.88 bits per heavy atom. The van der Waals surface area contributed by atoms with E-state index >= 15 is 0 Å². The van der Waals surface area contributed by atoms with Gasteiger partial charge in [0, 0.05) is 42.7 Å². The highest BCUT2D eigenvalue weighted by atomic mass is 16.5. The van der Waals surface area contributed by atoms with Crippen LogP contribution in [-0.4, -0.2) is 34.7 Å². The molecule has 4 rings (SSSR count). The van der Waals surface area contributed by atoms with Gasteiger partial charge in [-0.3, -0.25) is 9.88 Å². The van der Waals surface area contributed by atoms with E-state index in [2.05, 4.69) is 21.1 Å². The minimum Gasteiger partial charge on any atom is -0.371 e. The van der Waals surface area contributed by atoms with Crippen LogP contribution in [0, 0.1) is 0 Å². The number of nitrogens with zero attached hydrogens (tertiary/aromatic N) is 3. The molecule has 1 aliphatic rings. The van der Waals surface area contributed by atoms with Crippen molar-refractivity contribution in [1.29, 1.82) is 0 Å². The van der Waals surface area contributed by atoms with Crippen LogP contribution in [-0.2, 0) is 11.3 Å². The van der Waals surface area contributed by atoms with Crippen LogP contribution in [0.1, 0.15) is 17.4 Å². The first kappa shape index (κ1) is 15.1. The lowest BCUT2D eigenvalue weighted by atomic mass is 10.1. The summed E-state index contributed by atoms with van der Waals surface area (Å²) in [5.41, 5.74) is 3.06. The minimum atomic E-state index is 0.0592. The number of hydrogen-bond acceptors (Lipinski definition) is 5. The first-order valence-corrected chi connectivity index (χ1v) is 8.13. The van der Waals surface area contributed by atoms with Gasteiger partial charge in [-0.2, -0.15) is 0 Å². The van der Waals surface area contributed by atoms with E-state index in [4.69, 9.17) is 9.26 Å². The minimum absolute atomic E-state index is 0.0592.